The first-order valence-corrected chi connectivity index (χ1v) is 20.3. The Morgan fingerprint density at radius 3 is 1.50 bits per heavy atom. The summed E-state index contributed by atoms with van der Waals surface area (Å²) in [6.45, 7) is 4.47. The highest BCUT2D eigenvalue weighted by atomic mass is 16.6. The number of rotatable bonds is 35. The van der Waals surface area contributed by atoms with E-state index in [-0.39, 0.29) is 36.2 Å². The number of carboxylic acids is 1. The highest BCUT2D eigenvalue weighted by molar-refractivity contribution is 5.72. The lowest BCUT2D eigenvalue weighted by Crippen LogP contribution is -2.50. The number of aliphatic carboxylic acids is 1. The number of quaternary nitrogens is 1. The molecule has 0 aliphatic rings. The van der Waals surface area contributed by atoms with Crippen LogP contribution in [0, 0.1) is 0 Å². The molecule has 2 unspecified atom stereocenters. The van der Waals surface area contributed by atoms with Crippen molar-refractivity contribution >= 4 is 17.9 Å². The lowest BCUT2D eigenvalue weighted by Gasteiger charge is -2.31. The largest absolute Gasteiger partial charge is 0.477 e. The van der Waals surface area contributed by atoms with Crippen LogP contribution < -0.4 is 0 Å². The monoisotopic (exact) mass is 731 g/mol. The van der Waals surface area contributed by atoms with Crippen LogP contribution in [0.15, 0.2) is 60.8 Å². The normalized spacial score (nSPS) is 13.6. The fraction of sp³-hybridized carbons (Fsp3) is 0.705. The highest BCUT2D eigenvalue weighted by Crippen LogP contribution is 2.13. The average molecular weight is 731 g/mol. The molecule has 8 heteroatoms. The molecule has 0 aliphatic heterocycles. The van der Waals surface area contributed by atoms with Crippen molar-refractivity contribution in [2.75, 3.05) is 41.0 Å². The van der Waals surface area contributed by atoms with Gasteiger partial charge in [-0.2, -0.15) is 0 Å². The predicted molar refractivity (Wildman–Crippen MR) is 215 cm³/mol. The topological polar surface area (TPSA) is 99.1 Å². The predicted octanol–water partition coefficient (Wildman–Crippen LogP) is 10.6. The van der Waals surface area contributed by atoms with Gasteiger partial charge in [0.25, 0.3) is 0 Å². The van der Waals surface area contributed by atoms with Gasteiger partial charge in [-0.3, -0.25) is 9.59 Å². The first-order chi connectivity index (χ1) is 25.1. The second kappa shape index (κ2) is 35.1. The van der Waals surface area contributed by atoms with Crippen LogP contribution in [0.5, 0.6) is 0 Å². The molecule has 0 aromatic heterocycles. The Morgan fingerprint density at radius 2 is 1.02 bits per heavy atom. The van der Waals surface area contributed by atoms with E-state index in [1.165, 1.54) is 12.8 Å². The van der Waals surface area contributed by atoms with Gasteiger partial charge in [-0.25, -0.2) is 4.79 Å². The van der Waals surface area contributed by atoms with Crippen molar-refractivity contribution in [3.63, 3.8) is 0 Å². The summed E-state index contributed by atoms with van der Waals surface area (Å²) in [4.78, 5) is 36.9. The number of likely N-dealkylation sites (N-methyl/N-ethyl adjacent to an activating group) is 1. The number of esters is 2. The molecule has 0 heterocycles. The molecule has 0 bridgehead atoms. The molecule has 298 valence electrons. The molecule has 1 N–H and O–H groups in total. The van der Waals surface area contributed by atoms with E-state index >= 15 is 0 Å². The maximum Gasteiger partial charge on any atom is 0.362 e. The maximum absolute atomic E-state index is 12.7. The number of carbonyl (C=O) groups excluding carboxylic acids is 2. The van der Waals surface area contributed by atoms with Crippen molar-refractivity contribution in [2.45, 2.75) is 161 Å². The van der Waals surface area contributed by atoms with Crippen LogP contribution in [0.4, 0.5) is 0 Å². The zero-order valence-corrected chi connectivity index (χ0v) is 33.7. The number of ether oxygens (including phenoxy) is 3. The first kappa shape index (κ1) is 49.0. The molecule has 0 rings (SSSR count). The van der Waals surface area contributed by atoms with Crippen LogP contribution in [0.1, 0.15) is 149 Å². The maximum atomic E-state index is 12.7. The third kappa shape index (κ3) is 32.9. The van der Waals surface area contributed by atoms with Crippen LogP contribution in [0.25, 0.3) is 0 Å². The molecular weight excluding hydrogens is 654 g/mol. The summed E-state index contributed by atoms with van der Waals surface area (Å²) in [5, 5.41) is 9.60. The first-order valence-electron chi connectivity index (χ1n) is 20.3. The van der Waals surface area contributed by atoms with Crippen molar-refractivity contribution in [2.24, 2.45) is 0 Å². The zero-order valence-electron chi connectivity index (χ0n) is 33.7. The minimum absolute atomic E-state index is 0.0485. The van der Waals surface area contributed by atoms with Gasteiger partial charge in [0.2, 0.25) is 0 Å². The van der Waals surface area contributed by atoms with Gasteiger partial charge >= 0.3 is 17.9 Å². The molecule has 0 spiro atoms. The van der Waals surface area contributed by atoms with Crippen LogP contribution in [0.3, 0.4) is 0 Å². The summed E-state index contributed by atoms with van der Waals surface area (Å²) in [7, 11) is 5.50. The van der Waals surface area contributed by atoms with E-state index in [9.17, 15) is 19.5 Å². The Labute approximate surface area is 318 Å². The molecule has 0 aliphatic carbocycles. The molecule has 0 aromatic rings. The fourth-order valence-corrected chi connectivity index (χ4v) is 5.55. The summed E-state index contributed by atoms with van der Waals surface area (Å²) in [5.41, 5.74) is 0. The molecule has 0 radical (unpaired) electrons. The SMILES string of the molecule is CC/C=C/C/C=C/C/C=C/CCCCCCCCC(=O)OC(COCCC(C(=O)O)[N+](C)(C)C)COC(=O)CCCCCCC/C=C/C/C=C/CC. The molecular formula is C44H76NO7+. The second-order valence-corrected chi connectivity index (χ2v) is 14.5. The van der Waals surface area contributed by atoms with Gasteiger partial charge in [-0.05, 0) is 70.6 Å². The van der Waals surface area contributed by atoms with Crippen molar-refractivity contribution in [3.05, 3.63) is 60.8 Å². The quantitative estimate of drug-likeness (QED) is 0.0300. The Morgan fingerprint density at radius 1 is 0.577 bits per heavy atom. The molecule has 8 nitrogen and oxygen atoms in total. The number of nitrogens with zero attached hydrogens (tertiary/aromatic N) is 1. The lowest BCUT2D eigenvalue weighted by atomic mass is 10.1. The second-order valence-electron chi connectivity index (χ2n) is 14.5. The van der Waals surface area contributed by atoms with Gasteiger partial charge in [0, 0.05) is 19.3 Å². The van der Waals surface area contributed by atoms with Crippen molar-refractivity contribution in [3.8, 4) is 0 Å². The van der Waals surface area contributed by atoms with E-state index in [4.69, 9.17) is 14.2 Å². The van der Waals surface area contributed by atoms with E-state index < -0.39 is 18.1 Å². The molecule has 0 aromatic carbocycles. The Hall–Kier alpha value is -2.97. The van der Waals surface area contributed by atoms with Crippen molar-refractivity contribution < 1.29 is 38.2 Å². The summed E-state index contributed by atoms with van der Waals surface area (Å²) >= 11 is 0. The van der Waals surface area contributed by atoms with E-state index in [0.717, 1.165) is 103 Å². The minimum atomic E-state index is -0.883. The smallest absolute Gasteiger partial charge is 0.362 e. The van der Waals surface area contributed by atoms with E-state index in [2.05, 4.69) is 74.6 Å². The summed E-state index contributed by atoms with van der Waals surface area (Å²) in [5.74, 6) is -1.51. The number of allylic oxidation sites excluding steroid dienone is 10. The summed E-state index contributed by atoms with van der Waals surface area (Å²) in [6.07, 6.45) is 41.2. The van der Waals surface area contributed by atoms with Crippen LogP contribution in [0.2, 0.25) is 0 Å². The van der Waals surface area contributed by atoms with Crippen LogP contribution >= 0.6 is 0 Å². The van der Waals surface area contributed by atoms with Gasteiger partial charge < -0.3 is 23.8 Å². The number of carboxylic acid groups (broad SMARTS) is 1. The minimum Gasteiger partial charge on any atom is -0.477 e. The van der Waals surface area contributed by atoms with Gasteiger partial charge in [-0.1, -0.05) is 120 Å². The number of hydrogen-bond donors (Lipinski definition) is 1. The van der Waals surface area contributed by atoms with Gasteiger partial charge in [0.15, 0.2) is 12.1 Å². The molecule has 0 saturated carbocycles. The Bertz CT molecular complexity index is 1040. The van der Waals surface area contributed by atoms with Crippen molar-refractivity contribution in [1.29, 1.82) is 0 Å². The van der Waals surface area contributed by atoms with E-state index in [1.54, 1.807) is 0 Å². The Kier molecular flexibility index (Phi) is 33.1. The third-order valence-electron chi connectivity index (χ3n) is 8.66. The van der Waals surface area contributed by atoms with Gasteiger partial charge in [0.05, 0.1) is 34.4 Å². The van der Waals surface area contributed by atoms with Crippen LogP contribution in [-0.4, -0.2) is 80.6 Å². The summed E-state index contributed by atoms with van der Waals surface area (Å²) in [6, 6.07) is -0.620. The summed E-state index contributed by atoms with van der Waals surface area (Å²) < 4.78 is 17.2. The number of unbranched alkanes of at least 4 members (excludes halogenated alkanes) is 11. The van der Waals surface area contributed by atoms with Gasteiger partial charge in [0.1, 0.15) is 6.61 Å². The standard InChI is InChI=1S/C44H75NO7/c1-6-8-10-12-14-16-18-20-21-22-23-25-27-29-31-33-35-43(47)52-40(38-50-37-36-41(44(48)49)45(3,4)5)39-51-42(46)34-32-30-28-26-24-19-17-15-13-11-9-7-2/h8-11,14-17,20-21,40-41H,6-7,12-13,18-19,22-39H2,1-5H3/p+1/b10-8+,11-9+,16-14+,17-15+,21-20+. The van der Waals surface area contributed by atoms with Crippen molar-refractivity contribution in [1.82, 2.24) is 0 Å². The molecule has 0 amide bonds. The van der Waals surface area contributed by atoms with E-state index in [0.29, 0.717) is 19.3 Å². The van der Waals surface area contributed by atoms with Gasteiger partial charge in [-0.15, -0.1) is 0 Å². The van der Waals surface area contributed by atoms with Crippen LogP contribution in [-0.2, 0) is 28.6 Å². The molecule has 52 heavy (non-hydrogen) atoms. The van der Waals surface area contributed by atoms with E-state index in [1.807, 2.05) is 21.1 Å². The number of carbonyl (C=O) groups is 3. The average Bonchev–Trinajstić information content (AvgIpc) is 3.09. The highest BCUT2D eigenvalue weighted by Gasteiger charge is 2.31. The molecule has 2 atom stereocenters. The fourth-order valence-electron chi connectivity index (χ4n) is 5.55. The Balaban J connectivity index is 4.43. The zero-order chi connectivity index (χ0) is 38.5. The third-order valence-corrected chi connectivity index (χ3v) is 8.66. The number of hydrogen-bond acceptors (Lipinski definition) is 6. The lowest BCUT2D eigenvalue weighted by molar-refractivity contribution is -0.887. The molecule has 0 fully saturated rings. The molecule has 0 saturated heterocycles.